The van der Waals surface area contributed by atoms with Gasteiger partial charge in [0.2, 0.25) is 5.91 Å². The zero-order chi connectivity index (χ0) is 30.9. The number of carbonyl (C=O) groups is 2. The highest BCUT2D eigenvalue weighted by Gasteiger charge is 2.59. The molecule has 3 unspecified atom stereocenters. The molecule has 3 heterocycles. The van der Waals surface area contributed by atoms with Crippen molar-refractivity contribution in [3.8, 4) is 0 Å². The normalized spacial score (nSPS) is 34.9. The molecular formula is C20H31N4O16P. The van der Waals surface area contributed by atoms with Gasteiger partial charge in [-0.15, -0.1) is 0 Å². The summed E-state index contributed by atoms with van der Waals surface area (Å²) in [6.45, 7) is -1.05. The van der Waals surface area contributed by atoms with Gasteiger partial charge in [-0.05, 0) is 6.07 Å². The Morgan fingerprint density at radius 3 is 2.54 bits per heavy atom. The molecule has 0 radical (unpaired) electrons. The second-order valence-corrected chi connectivity index (χ2v) is 10.7. The summed E-state index contributed by atoms with van der Waals surface area (Å²) in [7, 11) is -5.52. The minimum absolute atomic E-state index is 0.135. The van der Waals surface area contributed by atoms with Crippen LogP contribution < -0.4 is 16.7 Å². The molecule has 2 aliphatic rings. The van der Waals surface area contributed by atoms with Gasteiger partial charge in [0.25, 0.3) is 5.79 Å². The predicted molar refractivity (Wildman–Crippen MR) is 128 cm³/mol. The first-order valence-corrected chi connectivity index (χ1v) is 13.4. The van der Waals surface area contributed by atoms with E-state index in [2.05, 4.69) is 10.3 Å². The van der Waals surface area contributed by atoms with Crippen LogP contribution in [0.1, 0.15) is 19.6 Å². The number of nitrogens with zero attached hydrogens (tertiary/aromatic N) is 2. The molecule has 3 rings (SSSR count). The molecule has 0 aromatic carbocycles. The van der Waals surface area contributed by atoms with E-state index in [-0.39, 0.29) is 5.82 Å². The number of aliphatic hydroxyl groups excluding tert-OH is 6. The highest BCUT2D eigenvalue weighted by atomic mass is 31.2. The largest absolute Gasteiger partial charge is 0.477 e. The Labute approximate surface area is 230 Å². The van der Waals surface area contributed by atoms with Crippen molar-refractivity contribution >= 4 is 25.5 Å². The number of aromatic nitrogens is 2. The second-order valence-electron chi connectivity index (χ2n) is 9.32. The molecule has 1 aromatic rings. The fourth-order valence-corrected chi connectivity index (χ4v) is 5.27. The van der Waals surface area contributed by atoms with Gasteiger partial charge in [-0.3, -0.25) is 13.9 Å². The van der Waals surface area contributed by atoms with Crippen LogP contribution in [-0.4, -0.2) is 130 Å². The number of phosphoric ester groups is 1. The molecule has 2 saturated heterocycles. The Hall–Kier alpha value is -2.59. The zero-order valence-corrected chi connectivity index (χ0v) is 22.1. The van der Waals surface area contributed by atoms with Crippen LogP contribution in [0.25, 0.3) is 0 Å². The smallest absolute Gasteiger partial charge is 0.475 e. The van der Waals surface area contributed by atoms with Crippen LogP contribution in [0, 0.1) is 0 Å². The van der Waals surface area contributed by atoms with Crippen molar-refractivity contribution in [2.45, 2.75) is 74.1 Å². The highest BCUT2D eigenvalue weighted by Crippen LogP contribution is 2.51. The van der Waals surface area contributed by atoms with E-state index in [4.69, 9.17) is 24.3 Å². The van der Waals surface area contributed by atoms with Gasteiger partial charge in [-0.2, -0.15) is 4.98 Å². The lowest BCUT2D eigenvalue weighted by molar-refractivity contribution is -0.289. The van der Waals surface area contributed by atoms with Crippen molar-refractivity contribution in [1.29, 1.82) is 0 Å². The third-order valence-corrected chi connectivity index (χ3v) is 7.32. The van der Waals surface area contributed by atoms with Gasteiger partial charge in [0, 0.05) is 19.5 Å². The molecule has 11 N–H and O–H groups in total. The topological polar surface area (TPSA) is 323 Å². The lowest BCUT2D eigenvalue weighted by atomic mass is 9.88. The molecule has 232 valence electrons. The fraction of sp³-hybridized carbons (Fsp3) is 0.700. The first-order chi connectivity index (χ1) is 19.0. The van der Waals surface area contributed by atoms with Gasteiger partial charge in [0.15, 0.2) is 6.23 Å². The number of aliphatic carboxylic acids is 1. The van der Waals surface area contributed by atoms with E-state index in [1.807, 2.05) is 0 Å². The van der Waals surface area contributed by atoms with Crippen molar-refractivity contribution in [2.75, 3.05) is 18.9 Å². The molecule has 0 saturated carbocycles. The number of nitrogen functional groups attached to an aromatic ring is 1. The van der Waals surface area contributed by atoms with Gasteiger partial charge in [0.05, 0.1) is 25.4 Å². The number of nitrogens with one attached hydrogen (secondary N) is 1. The van der Waals surface area contributed by atoms with Crippen LogP contribution in [0.15, 0.2) is 17.1 Å². The molecule has 1 amide bonds. The first-order valence-electron chi connectivity index (χ1n) is 11.9. The van der Waals surface area contributed by atoms with Crippen molar-refractivity contribution in [3.63, 3.8) is 0 Å². The number of phosphoric acid groups is 1. The number of amides is 1. The molecule has 2 fully saturated rings. The number of carboxylic acid groups (broad SMARTS) is 1. The van der Waals surface area contributed by atoms with E-state index < -0.39 is 106 Å². The SMILES string of the molecule is CC(=O)N[C@H]1C([C@H](O)[C@H](O)CO)O[C@](OP(=O)(O)OC[C@H]2OC(n3ccc(N)nc3=O)[C@@H](O)[C@H]2O)(C(=O)O)C[C@H]1O. The van der Waals surface area contributed by atoms with Crippen LogP contribution in [-0.2, 0) is 32.7 Å². The average Bonchev–Trinajstić information content (AvgIpc) is 3.16. The summed E-state index contributed by atoms with van der Waals surface area (Å²) < 4.78 is 33.7. The van der Waals surface area contributed by atoms with E-state index >= 15 is 0 Å². The van der Waals surface area contributed by atoms with E-state index in [1.165, 1.54) is 6.07 Å². The maximum atomic E-state index is 12.8. The molecule has 21 heteroatoms. The molecule has 41 heavy (non-hydrogen) atoms. The van der Waals surface area contributed by atoms with Crippen LogP contribution in [0.4, 0.5) is 5.82 Å². The number of anilines is 1. The number of hydrogen-bond acceptors (Lipinski definition) is 16. The van der Waals surface area contributed by atoms with Gasteiger partial charge in [0.1, 0.15) is 42.4 Å². The summed E-state index contributed by atoms with van der Waals surface area (Å²) in [4.78, 5) is 49.6. The van der Waals surface area contributed by atoms with Gasteiger partial charge in [-0.25, -0.2) is 18.7 Å². The number of carboxylic acids is 1. The molecule has 2 aliphatic heterocycles. The number of carbonyl (C=O) groups excluding carboxylic acids is 1. The molecule has 0 bridgehead atoms. The van der Waals surface area contributed by atoms with Crippen molar-refractivity contribution in [2.24, 2.45) is 0 Å². The number of ether oxygens (including phenoxy) is 2. The van der Waals surface area contributed by atoms with E-state index in [0.717, 1.165) is 17.7 Å². The van der Waals surface area contributed by atoms with Crippen molar-refractivity contribution in [3.05, 3.63) is 22.7 Å². The minimum Gasteiger partial charge on any atom is -0.477 e. The minimum atomic E-state index is -5.52. The van der Waals surface area contributed by atoms with Crippen LogP contribution >= 0.6 is 7.82 Å². The third kappa shape index (κ3) is 7.25. The maximum Gasteiger partial charge on any atom is 0.475 e. The summed E-state index contributed by atoms with van der Waals surface area (Å²) in [6, 6.07) is -0.362. The lowest BCUT2D eigenvalue weighted by Crippen LogP contribution is -2.67. The predicted octanol–water partition coefficient (Wildman–Crippen LogP) is -5.27. The number of hydrogen-bond donors (Lipinski definition) is 10. The van der Waals surface area contributed by atoms with Crippen LogP contribution in [0.5, 0.6) is 0 Å². The number of nitrogens with two attached hydrogens (primary N) is 1. The Bertz CT molecular complexity index is 1220. The fourth-order valence-electron chi connectivity index (χ4n) is 4.32. The van der Waals surface area contributed by atoms with Crippen LogP contribution in [0.2, 0.25) is 0 Å². The molecule has 11 atom stereocenters. The number of rotatable bonds is 11. The van der Waals surface area contributed by atoms with E-state index in [9.17, 15) is 59.6 Å². The molecular weight excluding hydrogens is 583 g/mol. The van der Waals surface area contributed by atoms with E-state index in [1.54, 1.807) is 0 Å². The lowest BCUT2D eigenvalue weighted by Gasteiger charge is -2.46. The van der Waals surface area contributed by atoms with Crippen LogP contribution in [0.3, 0.4) is 0 Å². The van der Waals surface area contributed by atoms with Gasteiger partial charge in [-0.1, -0.05) is 0 Å². The summed E-state index contributed by atoms with van der Waals surface area (Å²) in [5, 5.41) is 72.7. The zero-order valence-electron chi connectivity index (χ0n) is 21.2. The van der Waals surface area contributed by atoms with Gasteiger partial charge >= 0.3 is 19.5 Å². The van der Waals surface area contributed by atoms with Crippen molar-refractivity contribution in [1.82, 2.24) is 14.9 Å². The Morgan fingerprint density at radius 1 is 1.32 bits per heavy atom. The third-order valence-electron chi connectivity index (χ3n) is 6.31. The standard InChI is InChI=1S/C20H31N4O16P/c1-7(26)22-12-8(27)4-20(18(32)33,39-16(12)13(29)9(28)5-25)40-41(35,36)37-6-10-14(30)15(31)17(38-10)24-3-2-11(21)23-19(24)34/h2-3,8-10,12-17,25,27-31H,4-6H2,1H3,(H,22,26)(H,32,33)(H,35,36)(H2,21,23,34)/t8-,9-,10-,12-,13-,14+,15+,16?,17?,20-/m1/s1. The summed E-state index contributed by atoms with van der Waals surface area (Å²) >= 11 is 0. The molecule has 0 spiro atoms. The number of aliphatic hydroxyl groups is 6. The molecule has 1 aromatic heterocycles. The second kappa shape index (κ2) is 12.7. The highest BCUT2D eigenvalue weighted by molar-refractivity contribution is 7.47. The Morgan fingerprint density at radius 2 is 1.98 bits per heavy atom. The molecule has 0 aliphatic carbocycles. The summed E-state index contributed by atoms with van der Waals surface area (Å²) in [5.74, 6) is -6.20. The van der Waals surface area contributed by atoms with Gasteiger partial charge < -0.3 is 61.2 Å². The monoisotopic (exact) mass is 614 g/mol. The average molecular weight is 614 g/mol. The summed E-state index contributed by atoms with van der Waals surface area (Å²) in [5.41, 5.74) is 4.46. The maximum absolute atomic E-state index is 12.8. The Kier molecular flexibility index (Phi) is 10.2. The van der Waals surface area contributed by atoms with E-state index in [0.29, 0.717) is 0 Å². The Balaban J connectivity index is 1.79. The summed E-state index contributed by atoms with van der Waals surface area (Å²) in [6.07, 6.45) is -14.6. The quantitative estimate of drug-likeness (QED) is 0.104. The molecule has 20 nitrogen and oxygen atoms in total. The first kappa shape index (κ1) is 32.9. The van der Waals surface area contributed by atoms with Crippen molar-refractivity contribution < 1.29 is 73.3 Å².